The number of amides is 1. The number of sulfonamides is 1. The molecule has 3 rings (SSSR count). The monoisotopic (exact) mass is 451 g/mol. The molecule has 12 heteroatoms. The van der Waals surface area contributed by atoms with Crippen molar-refractivity contribution < 1.29 is 31.1 Å². The summed E-state index contributed by atoms with van der Waals surface area (Å²) in [5, 5.41) is 0.0982. The van der Waals surface area contributed by atoms with Gasteiger partial charge in [0.15, 0.2) is 6.61 Å². The van der Waals surface area contributed by atoms with E-state index in [9.17, 15) is 26.4 Å². The van der Waals surface area contributed by atoms with Crippen LogP contribution in [0.15, 0.2) is 35.4 Å². The Bertz CT molecular complexity index is 1000. The Morgan fingerprint density at radius 2 is 1.93 bits per heavy atom. The van der Waals surface area contributed by atoms with Gasteiger partial charge >= 0.3 is 6.18 Å². The van der Waals surface area contributed by atoms with Crippen LogP contribution in [0.5, 0.6) is 5.75 Å². The zero-order valence-corrected chi connectivity index (χ0v) is 16.5. The predicted molar refractivity (Wildman–Crippen MR) is 99.7 cm³/mol. The first-order valence-corrected chi connectivity index (χ1v) is 10.4. The SMILES string of the molecule is O=C(c1cc(S(=O)(=O)Nc2cc(Cl)ccc2OCC(F)(F)F)c[nH]1)N1CCCC1. The fraction of sp³-hybridized carbons (Fsp3) is 0.353. The lowest BCUT2D eigenvalue weighted by molar-refractivity contribution is -0.153. The van der Waals surface area contributed by atoms with E-state index in [0.29, 0.717) is 13.1 Å². The van der Waals surface area contributed by atoms with Gasteiger partial charge in [-0.15, -0.1) is 0 Å². The molecular formula is C17H17ClF3N3O4S. The summed E-state index contributed by atoms with van der Waals surface area (Å²) >= 11 is 5.83. The van der Waals surface area contributed by atoms with Crippen LogP contribution in [-0.2, 0) is 10.0 Å². The summed E-state index contributed by atoms with van der Waals surface area (Å²) in [6.45, 7) is -0.400. The Kier molecular flexibility index (Phi) is 5.99. The van der Waals surface area contributed by atoms with E-state index in [-0.39, 0.29) is 33.0 Å². The van der Waals surface area contributed by atoms with E-state index in [0.717, 1.165) is 31.2 Å². The van der Waals surface area contributed by atoms with Crippen LogP contribution in [0.4, 0.5) is 18.9 Å². The molecule has 2 aromatic rings. The molecule has 2 N–H and O–H groups in total. The quantitative estimate of drug-likeness (QED) is 0.701. The fourth-order valence-electron chi connectivity index (χ4n) is 2.81. The van der Waals surface area contributed by atoms with Gasteiger partial charge in [-0.1, -0.05) is 11.6 Å². The van der Waals surface area contributed by atoms with E-state index < -0.39 is 22.8 Å². The highest BCUT2D eigenvalue weighted by molar-refractivity contribution is 7.92. The molecular weight excluding hydrogens is 435 g/mol. The number of nitrogens with one attached hydrogen (secondary N) is 2. The third kappa shape index (κ3) is 5.36. The number of hydrogen-bond donors (Lipinski definition) is 2. The Labute approximate surface area is 169 Å². The summed E-state index contributed by atoms with van der Waals surface area (Å²) in [5.41, 5.74) is -0.151. The van der Waals surface area contributed by atoms with Crippen LogP contribution >= 0.6 is 11.6 Å². The van der Waals surface area contributed by atoms with Crippen molar-refractivity contribution in [3.8, 4) is 5.75 Å². The smallest absolute Gasteiger partial charge is 0.422 e. The van der Waals surface area contributed by atoms with Crippen molar-refractivity contribution in [2.45, 2.75) is 23.9 Å². The molecule has 0 saturated carbocycles. The molecule has 29 heavy (non-hydrogen) atoms. The predicted octanol–water partition coefficient (Wildman–Crippen LogP) is 3.65. The number of anilines is 1. The molecule has 1 amide bonds. The minimum absolute atomic E-state index is 0.0982. The van der Waals surface area contributed by atoms with Crippen LogP contribution in [-0.4, -0.2) is 50.1 Å². The first kappa shape index (κ1) is 21.3. The zero-order valence-electron chi connectivity index (χ0n) is 14.9. The molecule has 1 saturated heterocycles. The lowest BCUT2D eigenvalue weighted by atomic mass is 10.3. The van der Waals surface area contributed by atoms with Crippen molar-refractivity contribution in [1.29, 1.82) is 0 Å². The Morgan fingerprint density at radius 3 is 2.59 bits per heavy atom. The van der Waals surface area contributed by atoms with Gasteiger partial charge in [-0.3, -0.25) is 9.52 Å². The molecule has 0 spiro atoms. The number of H-pyrrole nitrogens is 1. The number of likely N-dealkylation sites (tertiary alicyclic amines) is 1. The minimum atomic E-state index is -4.60. The number of carbonyl (C=O) groups is 1. The molecule has 0 bridgehead atoms. The van der Waals surface area contributed by atoms with E-state index in [1.807, 2.05) is 0 Å². The molecule has 158 valence electrons. The number of carbonyl (C=O) groups excluding carboxylic acids is 1. The zero-order chi connectivity index (χ0) is 21.2. The molecule has 0 aliphatic carbocycles. The van der Waals surface area contributed by atoms with Crippen LogP contribution < -0.4 is 9.46 Å². The maximum Gasteiger partial charge on any atom is 0.422 e. The van der Waals surface area contributed by atoms with E-state index in [1.165, 1.54) is 12.1 Å². The van der Waals surface area contributed by atoms with Crippen LogP contribution in [0.25, 0.3) is 0 Å². The highest BCUT2D eigenvalue weighted by Crippen LogP contribution is 2.31. The van der Waals surface area contributed by atoms with Gasteiger partial charge in [0.2, 0.25) is 0 Å². The summed E-state index contributed by atoms with van der Waals surface area (Å²) in [6.07, 6.45) is -1.70. The highest BCUT2D eigenvalue weighted by Gasteiger charge is 2.29. The third-order valence-corrected chi connectivity index (χ3v) is 5.75. The summed E-state index contributed by atoms with van der Waals surface area (Å²) in [6, 6.07) is 4.71. The van der Waals surface area contributed by atoms with E-state index in [2.05, 4.69) is 14.4 Å². The van der Waals surface area contributed by atoms with E-state index in [1.54, 1.807) is 4.90 Å². The van der Waals surface area contributed by atoms with E-state index in [4.69, 9.17) is 11.6 Å². The molecule has 1 aliphatic rings. The first-order chi connectivity index (χ1) is 13.5. The Balaban J connectivity index is 1.81. The largest absolute Gasteiger partial charge is 0.482 e. The van der Waals surface area contributed by atoms with Gasteiger partial charge in [0.1, 0.15) is 16.3 Å². The van der Waals surface area contributed by atoms with Gasteiger partial charge in [0.25, 0.3) is 15.9 Å². The van der Waals surface area contributed by atoms with Gasteiger partial charge in [-0.2, -0.15) is 13.2 Å². The number of hydrogen-bond acceptors (Lipinski definition) is 4. The molecule has 1 fully saturated rings. The Hall–Kier alpha value is -2.40. The second-order valence-corrected chi connectivity index (χ2v) is 8.52. The number of benzene rings is 1. The van der Waals surface area contributed by atoms with Crippen LogP contribution in [0.1, 0.15) is 23.3 Å². The van der Waals surface area contributed by atoms with Gasteiger partial charge in [-0.25, -0.2) is 8.42 Å². The average Bonchev–Trinajstić information content (AvgIpc) is 3.31. The van der Waals surface area contributed by atoms with Crippen LogP contribution in [0, 0.1) is 0 Å². The third-order valence-electron chi connectivity index (χ3n) is 4.17. The standard InChI is InChI=1S/C17H17ClF3N3O4S/c18-11-3-4-15(28-10-17(19,20)21)13(7-11)23-29(26,27)12-8-14(22-9-12)16(25)24-5-1-2-6-24/h3-4,7-9,22-23H,1-2,5-6,10H2. The second-order valence-electron chi connectivity index (χ2n) is 6.40. The first-order valence-electron chi connectivity index (χ1n) is 8.55. The highest BCUT2D eigenvalue weighted by atomic mass is 35.5. The van der Waals surface area contributed by atoms with Crippen molar-refractivity contribution in [3.63, 3.8) is 0 Å². The summed E-state index contributed by atoms with van der Waals surface area (Å²) in [4.78, 5) is 16.3. The summed E-state index contributed by atoms with van der Waals surface area (Å²) < 4.78 is 69.4. The molecule has 0 radical (unpaired) electrons. The number of alkyl halides is 3. The second kappa shape index (κ2) is 8.15. The number of rotatable bonds is 6. The van der Waals surface area contributed by atoms with Crippen molar-refractivity contribution >= 4 is 33.2 Å². The van der Waals surface area contributed by atoms with Crippen molar-refractivity contribution in [2.24, 2.45) is 0 Å². The molecule has 1 aromatic heterocycles. The minimum Gasteiger partial charge on any atom is -0.482 e. The molecule has 1 aliphatic heterocycles. The Morgan fingerprint density at radius 1 is 1.24 bits per heavy atom. The van der Waals surface area contributed by atoms with Gasteiger partial charge in [0, 0.05) is 24.3 Å². The number of aromatic amines is 1. The summed E-state index contributed by atoms with van der Waals surface area (Å²) in [5.74, 6) is -0.653. The normalized spacial score (nSPS) is 14.8. The van der Waals surface area contributed by atoms with Crippen molar-refractivity contribution in [2.75, 3.05) is 24.4 Å². The summed E-state index contributed by atoms with van der Waals surface area (Å²) in [7, 11) is -4.21. The van der Waals surface area contributed by atoms with Crippen molar-refractivity contribution in [3.05, 3.63) is 41.2 Å². The van der Waals surface area contributed by atoms with Gasteiger partial charge in [0.05, 0.1) is 5.69 Å². The number of nitrogens with zero attached hydrogens (tertiary/aromatic N) is 1. The molecule has 7 nitrogen and oxygen atoms in total. The maximum atomic E-state index is 12.6. The topological polar surface area (TPSA) is 91.5 Å². The van der Waals surface area contributed by atoms with Crippen molar-refractivity contribution in [1.82, 2.24) is 9.88 Å². The van der Waals surface area contributed by atoms with E-state index >= 15 is 0 Å². The van der Waals surface area contributed by atoms with Gasteiger partial charge < -0.3 is 14.6 Å². The average molecular weight is 452 g/mol. The fourth-order valence-corrected chi connectivity index (χ4v) is 4.04. The lowest BCUT2D eigenvalue weighted by Gasteiger charge is -2.15. The van der Waals surface area contributed by atoms with Gasteiger partial charge in [-0.05, 0) is 37.1 Å². The van der Waals surface area contributed by atoms with Crippen LogP contribution in [0.3, 0.4) is 0 Å². The maximum absolute atomic E-state index is 12.6. The number of ether oxygens (including phenoxy) is 1. The molecule has 0 unspecified atom stereocenters. The molecule has 1 aromatic carbocycles. The molecule has 2 heterocycles. The molecule has 0 atom stereocenters. The number of halogens is 4. The number of aromatic nitrogens is 1. The lowest BCUT2D eigenvalue weighted by Crippen LogP contribution is -2.27. The van der Waals surface area contributed by atoms with Crippen LogP contribution in [0.2, 0.25) is 5.02 Å².